The summed E-state index contributed by atoms with van der Waals surface area (Å²) in [6, 6.07) is 10.3. The number of rotatable bonds is 5. The number of methoxy groups -OCH3 is 1. The minimum atomic E-state index is -0.507. The molecule has 1 aromatic carbocycles. The summed E-state index contributed by atoms with van der Waals surface area (Å²) in [7, 11) is 1.56. The molecule has 7 nitrogen and oxygen atoms in total. The van der Waals surface area contributed by atoms with E-state index in [4.69, 9.17) is 14.7 Å². The Morgan fingerprint density at radius 3 is 2.63 bits per heavy atom. The molecular formula is C20H19N3O4. The van der Waals surface area contributed by atoms with Gasteiger partial charge in [-0.2, -0.15) is 5.26 Å². The van der Waals surface area contributed by atoms with Gasteiger partial charge in [-0.15, -0.1) is 0 Å². The molecule has 0 aliphatic heterocycles. The van der Waals surface area contributed by atoms with E-state index in [0.717, 1.165) is 5.56 Å². The van der Waals surface area contributed by atoms with Crippen molar-refractivity contribution in [3.05, 3.63) is 68.4 Å². The Bertz CT molecular complexity index is 1150. The standard InChI is InChI=1S/C20H19N3O4/c1-12(2)27-17-5-4-13(8-18(17)26-3)11-23-7-6-16-15(20(23)25)9-14(10-21)19(24)22-16/h4-9,12H,11H2,1-3H3,(H,22,24). The molecule has 0 fully saturated rings. The fraction of sp³-hybridized carbons (Fsp3) is 0.250. The molecule has 3 rings (SSSR count). The second kappa shape index (κ2) is 7.38. The summed E-state index contributed by atoms with van der Waals surface area (Å²) in [5.74, 6) is 1.23. The molecule has 0 aliphatic carbocycles. The van der Waals surface area contributed by atoms with E-state index >= 15 is 0 Å². The molecule has 0 radical (unpaired) electrons. The first-order valence-electron chi connectivity index (χ1n) is 8.43. The third-order valence-corrected chi connectivity index (χ3v) is 4.05. The van der Waals surface area contributed by atoms with Crippen LogP contribution in [0.5, 0.6) is 11.5 Å². The number of benzene rings is 1. The van der Waals surface area contributed by atoms with Crippen LogP contribution in [0.15, 0.2) is 46.1 Å². The van der Waals surface area contributed by atoms with E-state index in [9.17, 15) is 9.59 Å². The van der Waals surface area contributed by atoms with Crippen LogP contribution in [-0.4, -0.2) is 22.8 Å². The molecule has 0 saturated heterocycles. The van der Waals surface area contributed by atoms with Crippen molar-refractivity contribution >= 4 is 10.9 Å². The highest BCUT2D eigenvalue weighted by Gasteiger charge is 2.11. The normalized spacial score (nSPS) is 10.8. The minimum Gasteiger partial charge on any atom is -0.493 e. The van der Waals surface area contributed by atoms with Gasteiger partial charge in [0, 0.05) is 6.20 Å². The lowest BCUT2D eigenvalue weighted by Gasteiger charge is -2.15. The molecule has 0 saturated carbocycles. The van der Waals surface area contributed by atoms with Crippen LogP contribution in [0, 0.1) is 11.3 Å². The number of aromatic amines is 1. The number of nitriles is 1. The molecular weight excluding hydrogens is 346 g/mol. The molecule has 138 valence electrons. The van der Waals surface area contributed by atoms with Crippen LogP contribution in [0.4, 0.5) is 0 Å². The summed E-state index contributed by atoms with van der Waals surface area (Å²) in [5, 5.41) is 9.31. The Balaban J connectivity index is 2.01. The van der Waals surface area contributed by atoms with E-state index in [1.807, 2.05) is 32.0 Å². The van der Waals surface area contributed by atoms with E-state index < -0.39 is 5.56 Å². The molecule has 0 amide bonds. The molecule has 7 heteroatoms. The monoisotopic (exact) mass is 365 g/mol. The van der Waals surface area contributed by atoms with Crippen LogP contribution < -0.4 is 20.6 Å². The molecule has 2 heterocycles. The largest absolute Gasteiger partial charge is 0.493 e. The van der Waals surface area contributed by atoms with E-state index in [1.54, 1.807) is 25.4 Å². The summed E-state index contributed by atoms with van der Waals surface area (Å²) in [5.41, 5.74) is 0.372. The third-order valence-electron chi connectivity index (χ3n) is 4.05. The number of hydrogen-bond donors (Lipinski definition) is 1. The Hall–Kier alpha value is -3.53. The van der Waals surface area contributed by atoms with Gasteiger partial charge in [0.25, 0.3) is 11.1 Å². The van der Waals surface area contributed by atoms with Crippen molar-refractivity contribution in [2.24, 2.45) is 0 Å². The number of fused-ring (bicyclic) bond motifs is 1. The molecule has 3 aromatic rings. The van der Waals surface area contributed by atoms with Gasteiger partial charge >= 0.3 is 0 Å². The van der Waals surface area contributed by atoms with Gasteiger partial charge in [-0.25, -0.2) is 0 Å². The van der Waals surface area contributed by atoms with Crippen LogP contribution >= 0.6 is 0 Å². The van der Waals surface area contributed by atoms with E-state index in [-0.39, 0.29) is 17.2 Å². The van der Waals surface area contributed by atoms with Crippen molar-refractivity contribution in [1.29, 1.82) is 5.26 Å². The molecule has 2 aromatic heterocycles. The van der Waals surface area contributed by atoms with Gasteiger partial charge < -0.3 is 19.0 Å². The predicted molar refractivity (Wildman–Crippen MR) is 101 cm³/mol. The van der Waals surface area contributed by atoms with Crippen molar-refractivity contribution in [1.82, 2.24) is 9.55 Å². The van der Waals surface area contributed by atoms with Crippen molar-refractivity contribution < 1.29 is 9.47 Å². The molecule has 1 N–H and O–H groups in total. The average molecular weight is 365 g/mol. The van der Waals surface area contributed by atoms with E-state index in [2.05, 4.69) is 4.98 Å². The zero-order valence-corrected chi connectivity index (χ0v) is 15.3. The fourth-order valence-corrected chi connectivity index (χ4v) is 2.81. The zero-order valence-electron chi connectivity index (χ0n) is 15.3. The van der Waals surface area contributed by atoms with Gasteiger partial charge in [-0.3, -0.25) is 9.59 Å². The summed E-state index contributed by atoms with van der Waals surface area (Å²) in [6.07, 6.45) is 1.63. The summed E-state index contributed by atoms with van der Waals surface area (Å²) in [6.45, 7) is 4.18. The van der Waals surface area contributed by atoms with Crippen LogP contribution in [0.25, 0.3) is 10.9 Å². The first-order chi connectivity index (χ1) is 12.9. The van der Waals surface area contributed by atoms with Gasteiger partial charge in [-0.1, -0.05) is 6.07 Å². The summed E-state index contributed by atoms with van der Waals surface area (Å²) in [4.78, 5) is 27.0. The third kappa shape index (κ3) is 3.70. The molecule has 0 aliphatic rings. The smallest absolute Gasteiger partial charge is 0.266 e. The highest BCUT2D eigenvalue weighted by molar-refractivity contribution is 5.78. The molecule has 0 unspecified atom stereocenters. The molecule has 0 spiro atoms. The van der Waals surface area contributed by atoms with Gasteiger partial charge in [0.2, 0.25) is 0 Å². The van der Waals surface area contributed by atoms with E-state index in [1.165, 1.54) is 10.6 Å². The maximum atomic E-state index is 12.8. The van der Waals surface area contributed by atoms with Gasteiger partial charge in [0.15, 0.2) is 11.5 Å². The highest BCUT2D eigenvalue weighted by Crippen LogP contribution is 2.29. The number of nitrogens with one attached hydrogen (secondary N) is 1. The first-order valence-corrected chi connectivity index (χ1v) is 8.43. The Morgan fingerprint density at radius 2 is 1.96 bits per heavy atom. The number of pyridine rings is 2. The Labute approximate surface area is 155 Å². The van der Waals surface area contributed by atoms with Crippen LogP contribution in [0.1, 0.15) is 25.0 Å². The highest BCUT2D eigenvalue weighted by atomic mass is 16.5. The Morgan fingerprint density at radius 1 is 1.19 bits per heavy atom. The summed E-state index contributed by atoms with van der Waals surface area (Å²) < 4.78 is 12.6. The second-order valence-corrected chi connectivity index (χ2v) is 6.35. The van der Waals surface area contributed by atoms with Crippen molar-refractivity contribution in [3.63, 3.8) is 0 Å². The quantitative estimate of drug-likeness (QED) is 0.749. The first kappa shape index (κ1) is 18.3. The minimum absolute atomic E-state index is 0.0179. The van der Waals surface area contributed by atoms with Crippen molar-refractivity contribution in [3.8, 4) is 17.6 Å². The van der Waals surface area contributed by atoms with Gasteiger partial charge in [-0.05, 0) is 43.7 Å². The lowest BCUT2D eigenvalue weighted by molar-refractivity contribution is 0.230. The lowest BCUT2D eigenvalue weighted by Crippen LogP contribution is -2.22. The summed E-state index contributed by atoms with van der Waals surface area (Å²) >= 11 is 0. The number of H-pyrrole nitrogens is 1. The van der Waals surface area contributed by atoms with Gasteiger partial charge in [0.1, 0.15) is 11.6 Å². The SMILES string of the molecule is COc1cc(Cn2ccc3[nH]c(=O)c(C#N)cc3c2=O)ccc1OC(C)C. The predicted octanol–water partition coefficient (Wildman–Crippen LogP) is 2.41. The van der Waals surface area contributed by atoms with Crippen molar-refractivity contribution in [2.75, 3.05) is 7.11 Å². The number of nitrogens with zero attached hydrogens (tertiary/aromatic N) is 2. The van der Waals surface area contributed by atoms with Crippen LogP contribution in [0.2, 0.25) is 0 Å². The lowest BCUT2D eigenvalue weighted by atomic mass is 10.1. The molecule has 0 atom stereocenters. The maximum Gasteiger partial charge on any atom is 0.266 e. The fourth-order valence-electron chi connectivity index (χ4n) is 2.81. The van der Waals surface area contributed by atoms with Crippen molar-refractivity contribution in [2.45, 2.75) is 26.5 Å². The average Bonchev–Trinajstić information content (AvgIpc) is 2.64. The van der Waals surface area contributed by atoms with Gasteiger partial charge in [0.05, 0.1) is 30.7 Å². The number of hydrogen-bond acceptors (Lipinski definition) is 5. The Kier molecular flexibility index (Phi) is 4.99. The number of ether oxygens (including phenoxy) is 2. The molecule has 0 bridgehead atoms. The number of aromatic nitrogens is 2. The van der Waals surface area contributed by atoms with E-state index in [0.29, 0.717) is 28.9 Å². The maximum absolute atomic E-state index is 12.8. The van der Waals surface area contributed by atoms with Crippen LogP contribution in [0.3, 0.4) is 0 Å². The zero-order chi connectivity index (χ0) is 19.6. The topological polar surface area (TPSA) is 97.1 Å². The second-order valence-electron chi connectivity index (χ2n) is 6.35. The molecule has 27 heavy (non-hydrogen) atoms. The van der Waals surface area contributed by atoms with Crippen LogP contribution in [-0.2, 0) is 6.54 Å².